The van der Waals surface area contributed by atoms with E-state index in [9.17, 15) is 4.79 Å². The quantitative estimate of drug-likeness (QED) is 0.815. The van der Waals surface area contributed by atoms with E-state index < -0.39 is 0 Å². The molecule has 0 saturated carbocycles. The number of hydrogen-bond donors (Lipinski definition) is 1. The lowest BCUT2D eigenvalue weighted by molar-refractivity contribution is 0.182. The van der Waals surface area contributed by atoms with Gasteiger partial charge in [-0.05, 0) is 73.4 Å². The van der Waals surface area contributed by atoms with Crippen molar-refractivity contribution in [2.24, 2.45) is 5.92 Å². The van der Waals surface area contributed by atoms with Crippen molar-refractivity contribution in [1.29, 1.82) is 0 Å². The number of piperidine rings is 1. The molecule has 1 N–H and O–H groups in total. The van der Waals surface area contributed by atoms with Gasteiger partial charge in [0.15, 0.2) is 0 Å². The molecule has 1 aliphatic heterocycles. The van der Waals surface area contributed by atoms with E-state index in [1.54, 1.807) is 7.11 Å². The van der Waals surface area contributed by atoms with Crippen LogP contribution in [0.2, 0.25) is 0 Å². The first kappa shape index (κ1) is 19.4. The standard InChI is InChI=1S/C23H30N2O2/c1-17-4-9-22(14-18(17)2)24-23(26)25-12-10-20(11-13-25)15-19-5-7-21(8-6-19)16-27-3/h4-9,14,20H,10-13,15-16H2,1-3H3,(H,24,26). The molecule has 0 aromatic heterocycles. The van der Waals surface area contributed by atoms with Gasteiger partial charge in [-0.2, -0.15) is 0 Å². The fourth-order valence-corrected chi connectivity index (χ4v) is 3.63. The Balaban J connectivity index is 1.47. The third-order valence-corrected chi connectivity index (χ3v) is 5.52. The lowest BCUT2D eigenvalue weighted by Crippen LogP contribution is -2.41. The van der Waals surface area contributed by atoms with Gasteiger partial charge in [0.05, 0.1) is 6.61 Å². The summed E-state index contributed by atoms with van der Waals surface area (Å²) in [7, 11) is 1.72. The Labute approximate surface area is 162 Å². The van der Waals surface area contributed by atoms with Crippen LogP contribution >= 0.6 is 0 Å². The van der Waals surface area contributed by atoms with Gasteiger partial charge in [-0.15, -0.1) is 0 Å². The van der Waals surface area contributed by atoms with E-state index in [0.29, 0.717) is 12.5 Å². The van der Waals surface area contributed by atoms with Gasteiger partial charge < -0.3 is 15.0 Å². The largest absolute Gasteiger partial charge is 0.380 e. The second-order valence-corrected chi connectivity index (χ2v) is 7.61. The monoisotopic (exact) mass is 366 g/mol. The lowest BCUT2D eigenvalue weighted by atomic mass is 9.90. The van der Waals surface area contributed by atoms with Crippen LogP contribution in [-0.2, 0) is 17.8 Å². The van der Waals surface area contributed by atoms with Crippen molar-refractivity contribution >= 4 is 11.7 Å². The molecule has 2 aromatic carbocycles. The van der Waals surface area contributed by atoms with Crippen LogP contribution in [0.25, 0.3) is 0 Å². The molecule has 1 heterocycles. The number of nitrogens with zero attached hydrogens (tertiary/aromatic N) is 1. The first-order valence-corrected chi connectivity index (χ1v) is 9.75. The predicted molar refractivity (Wildman–Crippen MR) is 110 cm³/mol. The van der Waals surface area contributed by atoms with Crippen molar-refractivity contribution in [2.45, 2.75) is 39.7 Å². The average molecular weight is 367 g/mol. The Kier molecular flexibility index (Phi) is 6.51. The fraction of sp³-hybridized carbons (Fsp3) is 0.435. The second kappa shape index (κ2) is 9.05. The fourth-order valence-electron chi connectivity index (χ4n) is 3.63. The summed E-state index contributed by atoms with van der Waals surface area (Å²) >= 11 is 0. The highest BCUT2D eigenvalue weighted by molar-refractivity contribution is 5.89. The van der Waals surface area contributed by atoms with Crippen molar-refractivity contribution in [2.75, 3.05) is 25.5 Å². The van der Waals surface area contributed by atoms with E-state index in [-0.39, 0.29) is 6.03 Å². The number of aryl methyl sites for hydroxylation is 2. The molecule has 1 fully saturated rings. The van der Waals surface area contributed by atoms with E-state index in [4.69, 9.17) is 4.74 Å². The Bertz CT molecular complexity index is 762. The Morgan fingerprint density at radius 1 is 1.04 bits per heavy atom. The molecular formula is C23H30N2O2. The SMILES string of the molecule is COCc1ccc(CC2CCN(C(=O)Nc3ccc(C)c(C)c3)CC2)cc1. The van der Waals surface area contributed by atoms with Crippen LogP contribution in [0.5, 0.6) is 0 Å². The number of rotatable bonds is 5. The molecule has 0 bridgehead atoms. The molecule has 144 valence electrons. The topological polar surface area (TPSA) is 41.6 Å². The smallest absolute Gasteiger partial charge is 0.321 e. The van der Waals surface area contributed by atoms with Crippen LogP contribution < -0.4 is 5.32 Å². The van der Waals surface area contributed by atoms with Crippen molar-refractivity contribution in [3.05, 3.63) is 64.7 Å². The molecule has 0 unspecified atom stereocenters. The van der Waals surface area contributed by atoms with E-state index in [1.165, 1.54) is 22.3 Å². The summed E-state index contributed by atoms with van der Waals surface area (Å²) in [6.07, 6.45) is 3.19. The molecule has 0 radical (unpaired) electrons. The summed E-state index contributed by atoms with van der Waals surface area (Å²) in [5.74, 6) is 0.643. The molecule has 1 aliphatic rings. The molecule has 27 heavy (non-hydrogen) atoms. The zero-order valence-electron chi connectivity index (χ0n) is 16.6. The van der Waals surface area contributed by atoms with E-state index in [1.807, 2.05) is 17.0 Å². The van der Waals surface area contributed by atoms with Gasteiger partial charge in [0, 0.05) is 25.9 Å². The Hall–Kier alpha value is -2.33. The molecule has 4 heteroatoms. The molecule has 2 amide bonds. The number of ether oxygens (including phenoxy) is 1. The van der Waals surface area contributed by atoms with Crippen molar-refractivity contribution in [3.8, 4) is 0 Å². The van der Waals surface area contributed by atoms with Gasteiger partial charge in [-0.3, -0.25) is 0 Å². The average Bonchev–Trinajstić information content (AvgIpc) is 2.67. The summed E-state index contributed by atoms with van der Waals surface area (Å²) in [5, 5.41) is 3.04. The summed E-state index contributed by atoms with van der Waals surface area (Å²) in [4.78, 5) is 14.5. The van der Waals surface area contributed by atoms with Crippen LogP contribution in [0, 0.1) is 19.8 Å². The Morgan fingerprint density at radius 2 is 1.70 bits per heavy atom. The van der Waals surface area contributed by atoms with Crippen LogP contribution in [-0.4, -0.2) is 31.1 Å². The number of benzene rings is 2. The molecule has 2 aromatic rings. The molecule has 0 aliphatic carbocycles. The molecule has 3 rings (SSSR count). The predicted octanol–water partition coefficient (Wildman–Crippen LogP) is 4.94. The van der Waals surface area contributed by atoms with Crippen LogP contribution in [0.1, 0.15) is 35.1 Å². The minimum Gasteiger partial charge on any atom is -0.380 e. The Morgan fingerprint density at radius 3 is 2.33 bits per heavy atom. The maximum atomic E-state index is 12.5. The summed E-state index contributed by atoms with van der Waals surface area (Å²) in [5.41, 5.74) is 5.89. The lowest BCUT2D eigenvalue weighted by Gasteiger charge is -2.32. The molecular weight excluding hydrogens is 336 g/mol. The number of methoxy groups -OCH3 is 1. The zero-order valence-corrected chi connectivity index (χ0v) is 16.6. The summed E-state index contributed by atoms with van der Waals surface area (Å²) < 4.78 is 5.16. The summed E-state index contributed by atoms with van der Waals surface area (Å²) in [6.45, 7) is 6.45. The van der Waals surface area contributed by atoms with Gasteiger partial charge in [0.25, 0.3) is 0 Å². The maximum absolute atomic E-state index is 12.5. The number of carbonyl (C=O) groups excluding carboxylic acids is 1. The van der Waals surface area contributed by atoms with Gasteiger partial charge >= 0.3 is 6.03 Å². The summed E-state index contributed by atoms with van der Waals surface area (Å²) in [6, 6.07) is 14.8. The normalized spacial score (nSPS) is 15.0. The van der Waals surface area contributed by atoms with E-state index in [2.05, 4.69) is 49.5 Å². The first-order chi connectivity index (χ1) is 13.0. The maximum Gasteiger partial charge on any atom is 0.321 e. The molecule has 0 spiro atoms. The zero-order chi connectivity index (χ0) is 19.2. The van der Waals surface area contributed by atoms with E-state index >= 15 is 0 Å². The third-order valence-electron chi connectivity index (χ3n) is 5.52. The number of urea groups is 1. The highest BCUT2D eigenvalue weighted by Gasteiger charge is 2.23. The number of hydrogen-bond acceptors (Lipinski definition) is 2. The molecule has 0 atom stereocenters. The van der Waals surface area contributed by atoms with Crippen molar-refractivity contribution in [1.82, 2.24) is 4.90 Å². The van der Waals surface area contributed by atoms with Crippen LogP contribution in [0.3, 0.4) is 0 Å². The van der Waals surface area contributed by atoms with E-state index in [0.717, 1.165) is 38.0 Å². The number of likely N-dealkylation sites (tertiary alicyclic amines) is 1. The highest BCUT2D eigenvalue weighted by atomic mass is 16.5. The number of nitrogens with one attached hydrogen (secondary N) is 1. The second-order valence-electron chi connectivity index (χ2n) is 7.61. The van der Waals surface area contributed by atoms with Crippen molar-refractivity contribution in [3.63, 3.8) is 0 Å². The molecule has 1 saturated heterocycles. The number of carbonyl (C=O) groups is 1. The third kappa shape index (κ3) is 5.33. The minimum atomic E-state index is 0.0145. The van der Waals surface area contributed by atoms with Crippen molar-refractivity contribution < 1.29 is 9.53 Å². The highest BCUT2D eigenvalue weighted by Crippen LogP contribution is 2.23. The molecule has 4 nitrogen and oxygen atoms in total. The number of amides is 2. The minimum absolute atomic E-state index is 0.0145. The van der Waals surface area contributed by atoms with Gasteiger partial charge in [0.2, 0.25) is 0 Å². The first-order valence-electron chi connectivity index (χ1n) is 9.75. The van der Waals surface area contributed by atoms with Gasteiger partial charge in [0.1, 0.15) is 0 Å². The van der Waals surface area contributed by atoms with Crippen LogP contribution in [0.4, 0.5) is 10.5 Å². The van der Waals surface area contributed by atoms with Gasteiger partial charge in [-0.1, -0.05) is 30.3 Å². The van der Waals surface area contributed by atoms with Crippen LogP contribution in [0.15, 0.2) is 42.5 Å². The number of anilines is 1. The van der Waals surface area contributed by atoms with Gasteiger partial charge in [-0.25, -0.2) is 4.79 Å².